The molecule has 0 rings (SSSR count). The molecule has 0 aromatic carbocycles. The SMILES string of the molecule is CCCCCCCCCCCCCCCCCOCC(COP(=O)(O)OCC[N+](C)(C)C)OC(=O)CCCCCCCCC. The van der Waals surface area contributed by atoms with E-state index in [0.717, 1.165) is 32.1 Å². The van der Waals surface area contributed by atoms with Crippen molar-refractivity contribution in [2.24, 2.45) is 0 Å². The topological polar surface area (TPSA) is 91.3 Å². The summed E-state index contributed by atoms with van der Waals surface area (Å²) >= 11 is 0. The number of phosphoric ester groups is 1. The zero-order chi connectivity index (χ0) is 32.8. The van der Waals surface area contributed by atoms with Crippen LogP contribution in [-0.4, -0.2) is 75.6 Å². The first-order valence-electron chi connectivity index (χ1n) is 18.3. The number of carbonyl (C=O) groups excluding carboxylic acids is 1. The van der Waals surface area contributed by atoms with Crippen LogP contribution in [0.2, 0.25) is 0 Å². The Balaban J connectivity index is 4.19. The van der Waals surface area contributed by atoms with Crippen LogP contribution in [0.25, 0.3) is 0 Å². The van der Waals surface area contributed by atoms with Gasteiger partial charge in [0, 0.05) is 13.0 Å². The van der Waals surface area contributed by atoms with E-state index in [2.05, 4.69) is 13.8 Å². The number of esters is 1. The fourth-order valence-corrected chi connectivity index (χ4v) is 5.76. The minimum Gasteiger partial charge on any atom is -0.457 e. The second kappa shape index (κ2) is 29.9. The maximum Gasteiger partial charge on any atom is 0.472 e. The quantitative estimate of drug-likeness (QED) is 0.0321. The van der Waals surface area contributed by atoms with E-state index in [-0.39, 0.29) is 25.8 Å². The number of nitrogens with zero attached hydrogens (tertiary/aromatic N) is 1. The molecular weight excluding hydrogens is 577 g/mol. The summed E-state index contributed by atoms with van der Waals surface area (Å²) in [5, 5.41) is 0. The van der Waals surface area contributed by atoms with Crippen molar-refractivity contribution in [3.05, 3.63) is 0 Å². The summed E-state index contributed by atoms with van der Waals surface area (Å²) in [6.45, 7) is 5.60. The Bertz CT molecular complexity index is 686. The molecule has 0 aliphatic heterocycles. The Morgan fingerprint density at radius 1 is 0.614 bits per heavy atom. The number of unbranched alkanes of at least 4 members (excludes halogenated alkanes) is 20. The van der Waals surface area contributed by atoms with Crippen molar-refractivity contribution in [1.29, 1.82) is 0 Å². The first kappa shape index (κ1) is 43.5. The predicted octanol–water partition coefficient (Wildman–Crippen LogP) is 9.77. The van der Waals surface area contributed by atoms with Crippen LogP contribution in [0.15, 0.2) is 0 Å². The van der Waals surface area contributed by atoms with Crippen LogP contribution >= 0.6 is 7.82 Å². The highest BCUT2D eigenvalue weighted by atomic mass is 31.2. The predicted molar refractivity (Wildman–Crippen MR) is 183 cm³/mol. The number of phosphoric acid groups is 1. The van der Waals surface area contributed by atoms with Gasteiger partial charge in [-0.25, -0.2) is 4.57 Å². The van der Waals surface area contributed by atoms with Crippen molar-refractivity contribution in [1.82, 2.24) is 0 Å². The van der Waals surface area contributed by atoms with Gasteiger partial charge in [0.1, 0.15) is 19.3 Å². The molecule has 264 valence electrons. The zero-order valence-electron chi connectivity index (χ0n) is 29.7. The van der Waals surface area contributed by atoms with Crippen LogP contribution in [0.1, 0.15) is 162 Å². The summed E-state index contributed by atoms with van der Waals surface area (Å²) in [7, 11) is 1.68. The average molecular weight is 651 g/mol. The Labute approximate surface area is 272 Å². The van der Waals surface area contributed by atoms with Gasteiger partial charge in [-0.1, -0.05) is 142 Å². The molecule has 0 fully saturated rings. The maximum atomic E-state index is 12.5. The third-order valence-corrected chi connectivity index (χ3v) is 8.90. The zero-order valence-corrected chi connectivity index (χ0v) is 30.6. The number of hydrogen-bond acceptors (Lipinski definition) is 6. The van der Waals surface area contributed by atoms with Gasteiger partial charge in [-0.2, -0.15) is 0 Å². The molecule has 2 atom stereocenters. The maximum absolute atomic E-state index is 12.5. The molecule has 0 aromatic heterocycles. The Kier molecular flexibility index (Phi) is 29.5. The molecule has 0 radical (unpaired) electrons. The fraction of sp³-hybridized carbons (Fsp3) is 0.971. The van der Waals surface area contributed by atoms with E-state index in [4.69, 9.17) is 18.5 Å². The van der Waals surface area contributed by atoms with Crippen LogP contribution < -0.4 is 0 Å². The number of hydrogen-bond donors (Lipinski definition) is 1. The lowest BCUT2D eigenvalue weighted by Gasteiger charge is -2.24. The van der Waals surface area contributed by atoms with E-state index >= 15 is 0 Å². The average Bonchev–Trinajstić information content (AvgIpc) is 2.96. The molecule has 0 aliphatic carbocycles. The van der Waals surface area contributed by atoms with Gasteiger partial charge >= 0.3 is 13.8 Å². The smallest absolute Gasteiger partial charge is 0.457 e. The molecule has 2 unspecified atom stereocenters. The van der Waals surface area contributed by atoms with Gasteiger partial charge in [-0.05, 0) is 12.8 Å². The fourth-order valence-electron chi connectivity index (χ4n) is 5.02. The van der Waals surface area contributed by atoms with Crippen molar-refractivity contribution in [2.45, 2.75) is 168 Å². The molecule has 1 N–H and O–H groups in total. The normalized spacial score (nSPS) is 14.0. The minimum atomic E-state index is -4.25. The molecule has 0 aromatic rings. The van der Waals surface area contributed by atoms with Crippen LogP contribution in [-0.2, 0) is 27.9 Å². The summed E-state index contributed by atoms with van der Waals surface area (Å²) < 4.78 is 34.7. The molecule has 0 saturated carbocycles. The number of quaternary nitrogens is 1. The summed E-state index contributed by atoms with van der Waals surface area (Å²) in [5.74, 6) is -0.318. The first-order valence-corrected chi connectivity index (χ1v) is 19.8. The summed E-state index contributed by atoms with van der Waals surface area (Å²) in [6.07, 6.45) is 27.1. The number of likely N-dealkylation sites (N-methyl/N-ethyl adjacent to an activating group) is 1. The van der Waals surface area contributed by atoms with E-state index in [1.54, 1.807) is 0 Å². The monoisotopic (exact) mass is 651 g/mol. The molecular formula is C35H73NO7P+. The van der Waals surface area contributed by atoms with E-state index in [0.29, 0.717) is 24.1 Å². The van der Waals surface area contributed by atoms with Crippen molar-refractivity contribution < 1.29 is 37.3 Å². The van der Waals surface area contributed by atoms with Crippen molar-refractivity contribution >= 4 is 13.8 Å². The van der Waals surface area contributed by atoms with Crippen LogP contribution in [0.5, 0.6) is 0 Å². The largest absolute Gasteiger partial charge is 0.472 e. The van der Waals surface area contributed by atoms with Crippen molar-refractivity contribution in [3.8, 4) is 0 Å². The molecule has 0 spiro atoms. The van der Waals surface area contributed by atoms with Gasteiger partial charge in [-0.3, -0.25) is 13.8 Å². The van der Waals surface area contributed by atoms with Crippen LogP contribution in [0, 0.1) is 0 Å². The van der Waals surface area contributed by atoms with Gasteiger partial charge < -0.3 is 18.9 Å². The number of carbonyl (C=O) groups is 1. The van der Waals surface area contributed by atoms with Gasteiger partial charge in [0.2, 0.25) is 0 Å². The lowest BCUT2D eigenvalue weighted by molar-refractivity contribution is -0.870. The summed E-state index contributed by atoms with van der Waals surface area (Å²) in [4.78, 5) is 22.6. The van der Waals surface area contributed by atoms with Crippen molar-refractivity contribution in [3.63, 3.8) is 0 Å². The van der Waals surface area contributed by atoms with E-state index in [9.17, 15) is 14.3 Å². The Morgan fingerprint density at radius 3 is 1.50 bits per heavy atom. The molecule has 44 heavy (non-hydrogen) atoms. The first-order chi connectivity index (χ1) is 21.1. The van der Waals surface area contributed by atoms with E-state index in [1.807, 2.05) is 21.1 Å². The van der Waals surface area contributed by atoms with Gasteiger partial charge in [0.15, 0.2) is 0 Å². The van der Waals surface area contributed by atoms with Crippen LogP contribution in [0.3, 0.4) is 0 Å². The third kappa shape index (κ3) is 32.9. The van der Waals surface area contributed by atoms with Crippen molar-refractivity contribution in [2.75, 3.05) is 54.1 Å². The lowest BCUT2D eigenvalue weighted by Crippen LogP contribution is -2.37. The molecule has 9 heteroatoms. The minimum absolute atomic E-state index is 0.0929. The number of ether oxygens (including phenoxy) is 2. The highest BCUT2D eigenvalue weighted by Crippen LogP contribution is 2.43. The van der Waals surface area contributed by atoms with Gasteiger partial charge in [0.05, 0.1) is 34.4 Å². The third-order valence-electron chi connectivity index (χ3n) is 7.92. The second-order valence-corrected chi connectivity index (χ2v) is 15.1. The standard InChI is InChI=1S/C35H72NO7P/c1-6-8-10-12-14-15-16-17-18-19-20-21-23-25-27-30-40-32-34(33-42-44(38,39)41-31-29-36(3,4)5)43-35(37)28-26-24-22-13-11-9-7-2/h34H,6-33H2,1-5H3/p+1. The second-order valence-electron chi connectivity index (χ2n) is 13.6. The number of rotatable bonds is 34. The summed E-state index contributed by atoms with van der Waals surface area (Å²) in [5.41, 5.74) is 0. The highest BCUT2D eigenvalue weighted by molar-refractivity contribution is 7.47. The highest BCUT2D eigenvalue weighted by Gasteiger charge is 2.26. The van der Waals surface area contributed by atoms with E-state index < -0.39 is 13.9 Å². The summed E-state index contributed by atoms with van der Waals surface area (Å²) in [6, 6.07) is 0. The Morgan fingerprint density at radius 2 is 1.05 bits per heavy atom. The molecule has 0 amide bonds. The molecule has 8 nitrogen and oxygen atoms in total. The Hall–Kier alpha value is -0.500. The van der Waals surface area contributed by atoms with Gasteiger partial charge in [0.25, 0.3) is 0 Å². The van der Waals surface area contributed by atoms with Gasteiger partial charge in [-0.15, -0.1) is 0 Å². The molecule has 0 bridgehead atoms. The van der Waals surface area contributed by atoms with Crippen LogP contribution in [0.4, 0.5) is 0 Å². The van der Waals surface area contributed by atoms with E-state index in [1.165, 1.54) is 109 Å². The molecule has 0 heterocycles. The molecule has 0 aliphatic rings. The molecule has 0 saturated heterocycles. The lowest BCUT2D eigenvalue weighted by atomic mass is 10.0.